The van der Waals surface area contributed by atoms with E-state index in [0.29, 0.717) is 6.42 Å². The van der Waals surface area contributed by atoms with Crippen LogP contribution in [0.15, 0.2) is 42.5 Å². The summed E-state index contributed by atoms with van der Waals surface area (Å²) in [5.41, 5.74) is 2.12. The summed E-state index contributed by atoms with van der Waals surface area (Å²) in [6, 6.07) is 10.6. The van der Waals surface area contributed by atoms with Crippen molar-refractivity contribution in [1.29, 1.82) is 5.26 Å². The Kier molecular flexibility index (Phi) is 5.51. The van der Waals surface area contributed by atoms with Crippen LogP contribution >= 0.6 is 0 Å². The molecule has 0 radical (unpaired) electrons. The van der Waals surface area contributed by atoms with E-state index in [9.17, 15) is 5.26 Å². The number of hydrogen-bond acceptors (Lipinski definition) is 4. The Morgan fingerprint density at radius 1 is 1.36 bits per heavy atom. The minimum atomic E-state index is -0.985. The number of ether oxygens (including phenoxy) is 2. The van der Waals surface area contributed by atoms with E-state index in [4.69, 9.17) is 9.47 Å². The highest BCUT2D eigenvalue weighted by molar-refractivity contribution is 5.78. The summed E-state index contributed by atoms with van der Waals surface area (Å²) in [6.07, 6.45) is 6.40. The van der Waals surface area contributed by atoms with Gasteiger partial charge in [-0.2, -0.15) is 5.26 Å². The first-order valence-electron chi connectivity index (χ1n) is 7.27. The molecule has 1 atom stereocenters. The van der Waals surface area contributed by atoms with Crippen molar-refractivity contribution >= 4 is 5.57 Å². The molecule has 0 N–H and O–H groups in total. The van der Waals surface area contributed by atoms with Gasteiger partial charge in [-0.05, 0) is 25.2 Å². The largest absolute Gasteiger partial charge is 0.359 e. The molecule has 0 saturated carbocycles. The lowest BCUT2D eigenvalue weighted by Crippen LogP contribution is -2.34. The maximum Gasteiger partial charge on any atom is 0.186 e. The molecule has 22 heavy (non-hydrogen) atoms. The highest BCUT2D eigenvalue weighted by Crippen LogP contribution is 2.36. The van der Waals surface area contributed by atoms with Crippen LogP contribution in [0.25, 0.3) is 5.57 Å². The summed E-state index contributed by atoms with van der Waals surface area (Å²) in [5, 5.41) is 9.70. The van der Waals surface area contributed by atoms with E-state index in [2.05, 4.69) is 23.1 Å². The van der Waals surface area contributed by atoms with Gasteiger partial charge in [-0.25, -0.2) is 0 Å². The summed E-state index contributed by atoms with van der Waals surface area (Å²) >= 11 is 0. The molecule has 1 aromatic carbocycles. The Labute approximate surface area is 132 Å². The van der Waals surface area contributed by atoms with Crippen LogP contribution in [0.3, 0.4) is 0 Å². The first-order chi connectivity index (χ1) is 10.6. The third-order valence-electron chi connectivity index (χ3n) is 3.58. The van der Waals surface area contributed by atoms with Crippen molar-refractivity contribution in [2.75, 3.05) is 28.0 Å². The van der Waals surface area contributed by atoms with Crippen LogP contribution in [0, 0.1) is 11.3 Å². The van der Waals surface area contributed by atoms with Crippen molar-refractivity contribution in [3.05, 3.63) is 53.6 Å². The number of hydrogen-bond donors (Lipinski definition) is 0. The Morgan fingerprint density at radius 2 is 2.18 bits per heavy atom. The fourth-order valence-corrected chi connectivity index (χ4v) is 2.61. The maximum absolute atomic E-state index is 9.70. The molecule has 0 saturated heterocycles. The first kappa shape index (κ1) is 16.4. The number of nitrogens with zero attached hydrogens (tertiary/aromatic N) is 2. The standard InChI is InChI=1S/C18H22N2O2/c1-20(2)12-15-7-6-8-16(11-15)17-9-4-5-10-18(17,13-19)22-14-21-3/h4-9,11H,10,12,14H2,1-3H3. The van der Waals surface area contributed by atoms with Gasteiger partial charge < -0.3 is 14.4 Å². The fraction of sp³-hybridized carbons (Fsp3) is 0.389. The van der Waals surface area contributed by atoms with E-state index in [-0.39, 0.29) is 6.79 Å². The summed E-state index contributed by atoms with van der Waals surface area (Å²) in [4.78, 5) is 2.12. The third kappa shape index (κ3) is 3.63. The predicted molar refractivity (Wildman–Crippen MR) is 86.9 cm³/mol. The van der Waals surface area contributed by atoms with Crippen LogP contribution < -0.4 is 0 Å². The van der Waals surface area contributed by atoms with Crippen molar-refractivity contribution < 1.29 is 9.47 Å². The lowest BCUT2D eigenvalue weighted by molar-refractivity contribution is -0.0787. The summed E-state index contributed by atoms with van der Waals surface area (Å²) in [5.74, 6) is 0. The second kappa shape index (κ2) is 7.37. The Balaban J connectivity index is 2.37. The van der Waals surface area contributed by atoms with Gasteiger partial charge in [0.25, 0.3) is 0 Å². The monoisotopic (exact) mass is 298 g/mol. The highest BCUT2D eigenvalue weighted by Gasteiger charge is 2.36. The molecule has 1 aliphatic rings. The zero-order chi connectivity index (χ0) is 16.0. The zero-order valence-electron chi connectivity index (χ0n) is 13.4. The molecule has 0 heterocycles. The van der Waals surface area contributed by atoms with E-state index in [1.165, 1.54) is 5.56 Å². The molecular formula is C18H22N2O2. The van der Waals surface area contributed by atoms with Gasteiger partial charge >= 0.3 is 0 Å². The maximum atomic E-state index is 9.70. The molecule has 0 amide bonds. The van der Waals surface area contributed by atoms with Gasteiger partial charge in [-0.3, -0.25) is 0 Å². The molecule has 4 heteroatoms. The topological polar surface area (TPSA) is 45.5 Å². The molecule has 4 nitrogen and oxygen atoms in total. The molecular weight excluding hydrogens is 276 g/mol. The Bertz CT molecular complexity index is 614. The number of nitriles is 1. The molecule has 0 bridgehead atoms. The summed E-state index contributed by atoms with van der Waals surface area (Å²) in [6.45, 7) is 0.950. The van der Waals surface area contributed by atoms with Gasteiger partial charge in [-0.15, -0.1) is 0 Å². The van der Waals surface area contributed by atoms with Gasteiger partial charge in [0, 0.05) is 25.6 Å². The minimum Gasteiger partial charge on any atom is -0.359 e. The number of rotatable bonds is 6. The Hall–Kier alpha value is -1.93. The molecule has 1 unspecified atom stereocenters. The van der Waals surface area contributed by atoms with Crippen LogP contribution in [0.2, 0.25) is 0 Å². The van der Waals surface area contributed by atoms with Crippen LogP contribution in [-0.2, 0) is 16.0 Å². The molecule has 1 aromatic rings. The van der Waals surface area contributed by atoms with Crippen molar-refractivity contribution in [2.24, 2.45) is 0 Å². The van der Waals surface area contributed by atoms with Crippen molar-refractivity contribution in [2.45, 2.75) is 18.6 Å². The van der Waals surface area contributed by atoms with Crippen molar-refractivity contribution in [1.82, 2.24) is 4.90 Å². The van der Waals surface area contributed by atoms with E-state index in [1.54, 1.807) is 7.11 Å². The van der Waals surface area contributed by atoms with Gasteiger partial charge in [0.2, 0.25) is 0 Å². The van der Waals surface area contributed by atoms with E-state index >= 15 is 0 Å². The molecule has 2 rings (SSSR count). The van der Waals surface area contributed by atoms with Gasteiger partial charge in [0.05, 0.1) is 0 Å². The number of benzene rings is 1. The Morgan fingerprint density at radius 3 is 2.86 bits per heavy atom. The van der Waals surface area contributed by atoms with Gasteiger partial charge in [0.1, 0.15) is 12.9 Å². The smallest absolute Gasteiger partial charge is 0.186 e. The zero-order valence-corrected chi connectivity index (χ0v) is 13.4. The lowest BCUT2D eigenvalue weighted by Gasteiger charge is -2.30. The quantitative estimate of drug-likeness (QED) is 0.757. The molecule has 1 aliphatic carbocycles. The SMILES string of the molecule is COCOC1(C#N)CC=CC=C1c1cccc(CN(C)C)c1. The van der Waals surface area contributed by atoms with E-state index < -0.39 is 5.60 Å². The van der Waals surface area contributed by atoms with Crippen molar-refractivity contribution in [3.8, 4) is 6.07 Å². The average molecular weight is 298 g/mol. The molecule has 0 aromatic heterocycles. The summed E-state index contributed by atoms with van der Waals surface area (Å²) in [7, 11) is 5.64. The van der Waals surface area contributed by atoms with Crippen LogP contribution in [-0.4, -0.2) is 38.5 Å². The second-order valence-electron chi connectivity index (χ2n) is 5.64. The highest BCUT2D eigenvalue weighted by atomic mass is 16.7. The van der Waals surface area contributed by atoms with E-state index in [1.807, 2.05) is 44.5 Å². The fourth-order valence-electron chi connectivity index (χ4n) is 2.61. The first-order valence-corrected chi connectivity index (χ1v) is 7.27. The minimum absolute atomic E-state index is 0.0934. The summed E-state index contributed by atoms with van der Waals surface area (Å²) < 4.78 is 10.7. The number of methoxy groups -OCH3 is 1. The van der Waals surface area contributed by atoms with Gasteiger partial charge in [-0.1, -0.05) is 42.5 Å². The van der Waals surface area contributed by atoms with Crippen LogP contribution in [0.4, 0.5) is 0 Å². The lowest BCUT2D eigenvalue weighted by atomic mass is 9.83. The van der Waals surface area contributed by atoms with Crippen LogP contribution in [0.5, 0.6) is 0 Å². The van der Waals surface area contributed by atoms with Crippen LogP contribution in [0.1, 0.15) is 17.5 Å². The predicted octanol–water partition coefficient (Wildman–Crippen LogP) is 2.97. The third-order valence-corrected chi connectivity index (χ3v) is 3.58. The molecule has 116 valence electrons. The van der Waals surface area contributed by atoms with E-state index in [0.717, 1.165) is 17.7 Å². The molecule has 0 spiro atoms. The van der Waals surface area contributed by atoms with Gasteiger partial charge in [0.15, 0.2) is 5.60 Å². The second-order valence-corrected chi connectivity index (χ2v) is 5.64. The molecule has 0 aliphatic heterocycles. The van der Waals surface area contributed by atoms with Crippen molar-refractivity contribution in [3.63, 3.8) is 0 Å². The molecule has 0 fully saturated rings. The average Bonchev–Trinajstić information content (AvgIpc) is 2.53. The number of allylic oxidation sites excluding steroid dienone is 2. The normalized spacial score (nSPS) is 20.8.